The molecule has 2 atom stereocenters. The van der Waals surface area contributed by atoms with Gasteiger partial charge in [0.05, 0.1) is 26.2 Å². The maximum absolute atomic E-state index is 12.8. The fraction of sp³-hybridized carbons (Fsp3) is 0.500. The van der Waals surface area contributed by atoms with Crippen molar-refractivity contribution in [2.75, 3.05) is 20.8 Å². The van der Waals surface area contributed by atoms with Crippen LogP contribution in [0.15, 0.2) is 34.2 Å². The van der Waals surface area contributed by atoms with E-state index in [0.29, 0.717) is 10.7 Å². The molecule has 1 aromatic rings. The Labute approximate surface area is 224 Å². The van der Waals surface area contributed by atoms with Gasteiger partial charge in [0.25, 0.3) is 5.91 Å². The molecule has 2 unspecified atom stereocenters. The van der Waals surface area contributed by atoms with E-state index in [-0.39, 0.29) is 42.8 Å². The van der Waals surface area contributed by atoms with Crippen molar-refractivity contribution in [3.8, 4) is 0 Å². The molecule has 1 saturated heterocycles. The van der Waals surface area contributed by atoms with Crippen molar-refractivity contribution < 1.29 is 36.3 Å². The van der Waals surface area contributed by atoms with Crippen LogP contribution in [0.4, 0.5) is 0 Å². The first-order chi connectivity index (χ1) is 17.5. The maximum atomic E-state index is 12.8. The third-order valence-electron chi connectivity index (χ3n) is 5.62. The molecule has 1 aliphatic heterocycles. The van der Waals surface area contributed by atoms with Crippen LogP contribution in [0.3, 0.4) is 0 Å². The zero-order valence-electron chi connectivity index (χ0n) is 20.6. The minimum Gasteiger partial charge on any atom is -0.469 e. The number of rotatable bonds is 9. The fourth-order valence-electron chi connectivity index (χ4n) is 3.49. The summed E-state index contributed by atoms with van der Waals surface area (Å²) in [5.74, 6) is -0.894. The maximum Gasteiger partial charge on any atom is 0.397 e. The van der Waals surface area contributed by atoms with Crippen LogP contribution in [0.1, 0.15) is 43.0 Å². The molecule has 0 radical (unpaired) electrons. The lowest BCUT2D eigenvalue weighted by molar-refractivity contribution is -0.140. The SMILES string of the molecule is COC(=O)CCNC(=O)C1SC(=NC(=O)c2ccc(SC=N)cc2)N(C2CCC2)C1C.COS(=O)(=O)O. The predicted molar refractivity (Wildman–Crippen MR) is 141 cm³/mol. The molecular weight excluding hydrogens is 544 g/mol. The third-order valence-corrected chi connectivity index (χ3v) is 8.08. The second-order valence-corrected chi connectivity index (χ2v) is 11.2. The number of thioether (sulfide) groups is 2. The Morgan fingerprint density at radius 1 is 1.27 bits per heavy atom. The van der Waals surface area contributed by atoms with E-state index in [2.05, 4.69) is 24.1 Å². The summed E-state index contributed by atoms with van der Waals surface area (Å²) in [6.07, 6.45) is 3.28. The number of carbonyl (C=O) groups excluding carboxylic acids is 3. The minimum absolute atomic E-state index is 0.105. The first-order valence-electron chi connectivity index (χ1n) is 11.2. The van der Waals surface area contributed by atoms with E-state index in [9.17, 15) is 22.8 Å². The normalized spacial score (nSPS) is 20.4. The van der Waals surface area contributed by atoms with E-state index in [1.165, 1.54) is 36.2 Å². The highest BCUT2D eigenvalue weighted by atomic mass is 32.3. The number of nitrogens with zero attached hydrogens (tertiary/aromatic N) is 2. The van der Waals surface area contributed by atoms with Crippen LogP contribution in [-0.2, 0) is 28.9 Å². The van der Waals surface area contributed by atoms with Crippen LogP contribution in [-0.4, -0.2) is 84.5 Å². The fourth-order valence-corrected chi connectivity index (χ4v) is 5.24. The molecule has 37 heavy (non-hydrogen) atoms. The first-order valence-corrected chi connectivity index (χ1v) is 14.3. The summed E-state index contributed by atoms with van der Waals surface area (Å²) < 4.78 is 34.3. The molecule has 2 fully saturated rings. The van der Waals surface area contributed by atoms with Crippen molar-refractivity contribution in [3.05, 3.63) is 29.8 Å². The predicted octanol–water partition coefficient (Wildman–Crippen LogP) is 2.36. The number of benzene rings is 1. The Hall–Kier alpha value is -2.46. The summed E-state index contributed by atoms with van der Waals surface area (Å²) in [6.45, 7) is 2.19. The summed E-state index contributed by atoms with van der Waals surface area (Å²) in [6, 6.07) is 7.15. The molecule has 1 aliphatic carbocycles. The first kappa shape index (κ1) is 30.8. The van der Waals surface area contributed by atoms with Gasteiger partial charge in [-0.3, -0.25) is 23.1 Å². The molecule has 15 heteroatoms. The van der Waals surface area contributed by atoms with Gasteiger partial charge in [-0.2, -0.15) is 13.4 Å². The van der Waals surface area contributed by atoms with Gasteiger partial charge in [-0.05, 0) is 50.5 Å². The number of amidine groups is 1. The second kappa shape index (κ2) is 14.5. The lowest BCUT2D eigenvalue weighted by atomic mass is 9.90. The van der Waals surface area contributed by atoms with Crippen LogP contribution >= 0.6 is 23.5 Å². The summed E-state index contributed by atoms with van der Waals surface area (Å²) in [5.41, 5.74) is 1.70. The molecule has 1 aromatic carbocycles. The van der Waals surface area contributed by atoms with Gasteiger partial charge in [0.2, 0.25) is 5.91 Å². The van der Waals surface area contributed by atoms with Crippen LogP contribution in [0.2, 0.25) is 0 Å². The molecule has 12 nitrogen and oxygen atoms in total. The zero-order chi connectivity index (χ0) is 27.6. The number of amides is 2. The molecule has 0 spiro atoms. The number of aliphatic imine (C=N–C) groups is 1. The summed E-state index contributed by atoms with van der Waals surface area (Å²) in [4.78, 5) is 44.1. The lowest BCUT2D eigenvalue weighted by Gasteiger charge is -2.39. The largest absolute Gasteiger partial charge is 0.469 e. The number of carbonyl (C=O) groups is 3. The Morgan fingerprint density at radius 2 is 1.89 bits per heavy atom. The second-order valence-electron chi connectivity index (χ2n) is 7.94. The van der Waals surface area contributed by atoms with Crippen LogP contribution < -0.4 is 5.32 Å². The summed E-state index contributed by atoms with van der Waals surface area (Å²) >= 11 is 2.57. The average Bonchev–Trinajstić information content (AvgIpc) is 3.14. The molecule has 3 rings (SSSR count). The number of hydrogen-bond donors (Lipinski definition) is 3. The molecule has 0 bridgehead atoms. The molecule has 2 amide bonds. The quantitative estimate of drug-likeness (QED) is 0.130. The van der Waals surface area contributed by atoms with Gasteiger partial charge in [-0.1, -0.05) is 23.5 Å². The third kappa shape index (κ3) is 9.41. The Balaban J connectivity index is 0.000000717. The van der Waals surface area contributed by atoms with Gasteiger partial charge in [-0.25, -0.2) is 0 Å². The van der Waals surface area contributed by atoms with Crippen molar-refractivity contribution in [2.24, 2.45) is 4.99 Å². The molecule has 0 aromatic heterocycles. The highest BCUT2D eigenvalue weighted by Gasteiger charge is 2.45. The number of methoxy groups -OCH3 is 1. The number of hydrogen-bond acceptors (Lipinski definition) is 10. The van der Waals surface area contributed by atoms with Crippen molar-refractivity contribution in [2.45, 2.75) is 54.8 Å². The number of nitrogens with one attached hydrogen (secondary N) is 2. The smallest absolute Gasteiger partial charge is 0.397 e. The summed E-state index contributed by atoms with van der Waals surface area (Å²) in [5, 5.41) is 10.1. The number of esters is 1. The van der Waals surface area contributed by atoms with Gasteiger partial charge in [0.15, 0.2) is 5.17 Å². The Morgan fingerprint density at radius 3 is 2.38 bits per heavy atom. The molecule has 2 aliphatic rings. The average molecular weight is 575 g/mol. The molecule has 3 N–H and O–H groups in total. The van der Waals surface area contributed by atoms with E-state index < -0.39 is 15.6 Å². The Bertz CT molecular complexity index is 1110. The van der Waals surface area contributed by atoms with Crippen molar-refractivity contribution in [3.63, 3.8) is 0 Å². The molecule has 204 valence electrons. The molecular formula is C22H30N4O8S3. The van der Waals surface area contributed by atoms with Gasteiger partial charge in [0.1, 0.15) is 5.25 Å². The van der Waals surface area contributed by atoms with Crippen molar-refractivity contribution >= 4 is 62.4 Å². The van der Waals surface area contributed by atoms with Crippen LogP contribution in [0.25, 0.3) is 0 Å². The van der Waals surface area contributed by atoms with Crippen molar-refractivity contribution in [1.82, 2.24) is 10.2 Å². The standard InChI is InChI=1S/C21H26N4O4S2.CH4O4S/c1-13-18(20(28)23-11-10-17(26)29-2)31-21(25(13)15-4-3-5-15)24-19(27)14-6-8-16(9-7-14)30-12-22;1-5-6(2,3)4/h6-9,12-13,15,18,22H,3-5,10-11H2,1-2H3,(H,23,28);1H3,(H,2,3,4). The van der Waals surface area contributed by atoms with E-state index in [1.807, 2.05) is 6.92 Å². The van der Waals surface area contributed by atoms with Gasteiger partial charge in [0, 0.05) is 29.1 Å². The topological polar surface area (TPSA) is 176 Å². The van der Waals surface area contributed by atoms with Gasteiger partial charge >= 0.3 is 16.4 Å². The van der Waals surface area contributed by atoms with Gasteiger partial charge < -0.3 is 20.4 Å². The van der Waals surface area contributed by atoms with E-state index >= 15 is 0 Å². The van der Waals surface area contributed by atoms with E-state index in [4.69, 9.17) is 9.96 Å². The van der Waals surface area contributed by atoms with E-state index in [0.717, 1.165) is 31.3 Å². The summed E-state index contributed by atoms with van der Waals surface area (Å²) in [7, 11) is -1.98. The highest BCUT2D eigenvalue weighted by molar-refractivity contribution is 8.15. The van der Waals surface area contributed by atoms with Crippen molar-refractivity contribution in [1.29, 1.82) is 5.41 Å². The Kier molecular flexibility index (Phi) is 12.0. The van der Waals surface area contributed by atoms with Crippen LogP contribution in [0.5, 0.6) is 0 Å². The van der Waals surface area contributed by atoms with E-state index in [1.54, 1.807) is 24.3 Å². The molecule has 1 heterocycles. The minimum atomic E-state index is -4.16. The van der Waals surface area contributed by atoms with Crippen LogP contribution in [0, 0.1) is 5.41 Å². The lowest BCUT2D eigenvalue weighted by Crippen LogP contribution is -2.49. The number of ether oxygens (including phenoxy) is 1. The monoisotopic (exact) mass is 574 g/mol. The highest BCUT2D eigenvalue weighted by Crippen LogP contribution is 2.39. The zero-order valence-corrected chi connectivity index (χ0v) is 23.0. The molecule has 1 saturated carbocycles. The van der Waals surface area contributed by atoms with Gasteiger partial charge in [-0.15, -0.1) is 0 Å².